The van der Waals surface area contributed by atoms with Crippen LogP contribution < -0.4 is 15.6 Å². The molecule has 2 rings (SSSR count). The van der Waals surface area contributed by atoms with Crippen molar-refractivity contribution in [2.24, 2.45) is 0 Å². The molecule has 0 unspecified atom stereocenters. The predicted molar refractivity (Wildman–Crippen MR) is 112 cm³/mol. The normalized spacial score (nSPS) is 10.2. The summed E-state index contributed by atoms with van der Waals surface area (Å²) in [6, 6.07) is 10.6. The van der Waals surface area contributed by atoms with Gasteiger partial charge in [0.05, 0.1) is 24.5 Å². The number of hydrogen-bond acceptors (Lipinski definition) is 7. The van der Waals surface area contributed by atoms with Gasteiger partial charge in [0.25, 0.3) is 5.91 Å². The monoisotopic (exact) mass is 448 g/mol. The molecule has 0 aliphatic carbocycles. The smallest absolute Gasteiger partial charge is 0.325 e. The van der Waals surface area contributed by atoms with E-state index in [0.717, 1.165) is 12.1 Å². The van der Waals surface area contributed by atoms with E-state index in [9.17, 15) is 29.4 Å². The molecule has 2 aromatic rings. The molecule has 0 atom stereocenters. The molecule has 1 aromatic carbocycles. The van der Waals surface area contributed by atoms with E-state index in [1.165, 1.54) is 0 Å². The van der Waals surface area contributed by atoms with Crippen molar-refractivity contribution in [2.75, 3.05) is 24.6 Å². The van der Waals surface area contributed by atoms with Gasteiger partial charge in [0.15, 0.2) is 5.78 Å². The molecule has 0 aliphatic heterocycles. The number of carboxylic acid groups (broad SMARTS) is 1. The quantitative estimate of drug-likeness (QED) is 0.244. The molecule has 0 bridgehead atoms. The Morgan fingerprint density at radius 2 is 1.55 bits per heavy atom. The highest BCUT2D eigenvalue weighted by Crippen LogP contribution is 2.21. The molecule has 0 saturated heterocycles. The molecular weight excluding hydrogens is 428 g/mol. The number of amides is 2. The zero-order chi connectivity index (χ0) is 23.0. The lowest BCUT2D eigenvalue weighted by Gasteiger charge is -2.23. The van der Waals surface area contributed by atoms with Gasteiger partial charge >= 0.3 is 5.97 Å². The molecule has 2 amide bonds. The van der Waals surface area contributed by atoms with Crippen molar-refractivity contribution < 1.29 is 34.5 Å². The fraction of sp³-hybridized carbons (Fsp3) is 0.211. The number of aromatic hydroxyl groups is 2. The van der Waals surface area contributed by atoms with Crippen LogP contribution in [0.2, 0.25) is 0 Å². The zero-order valence-corrected chi connectivity index (χ0v) is 17.0. The number of carbonyl (C=O) groups excluding carboxylic acids is 3. The number of nitrogens with one attached hydrogen (secondary N) is 2. The largest absolute Gasteiger partial charge is 0.493 e. The van der Waals surface area contributed by atoms with Gasteiger partial charge in [-0.2, -0.15) is 4.68 Å². The lowest BCUT2D eigenvalue weighted by Crippen LogP contribution is -2.49. The van der Waals surface area contributed by atoms with Gasteiger partial charge in [0.2, 0.25) is 17.7 Å². The van der Waals surface area contributed by atoms with Gasteiger partial charge in [0.1, 0.15) is 6.54 Å². The lowest BCUT2D eigenvalue weighted by atomic mass is 10.1. The molecule has 0 spiro atoms. The van der Waals surface area contributed by atoms with Crippen LogP contribution >= 0.6 is 12.2 Å². The molecule has 5 N–H and O–H groups in total. The minimum atomic E-state index is -1.40. The molecule has 164 valence electrons. The van der Waals surface area contributed by atoms with Crippen molar-refractivity contribution in [2.45, 2.75) is 6.42 Å². The minimum Gasteiger partial charge on any atom is -0.493 e. The second-order valence-electron chi connectivity index (χ2n) is 6.23. The van der Waals surface area contributed by atoms with Gasteiger partial charge < -0.3 is 26.0 Å². The van der Waals surface area contributed by atoms with Gasteiger partial charge in [-0.1, -0.05) is 42.5 Å². The van der Waals surface area contributed by atoms with E-state index in [4.69, 9.17) is 17.3 Å². The summed E-state index contributed by atoms with van der Waals surface area (Å²) in [6.07, 6.45) is -0.0931. The number of rotatable bonds is 10. The zero-order valence-electron chi connectivity index (χ0n) is 16.1. The van der Waals surface area contributed by atoms with Gasteiger partial charge in [-0.25, -0.2) is 5.01 Å². The second-order valence-corrected chi connectivity index (χ2v) is 6.72. The summed E-state index contributed by atoms with van der Waals surface area (Å²) in [5, 5.41) is 33.9. The summed E-state index contributed by atoms with van der Waals surface area (Å²) in [5.74, 6) is -4.29. The summed E-state index contributed by atoms with van der Waals surface area (Å²) in [5.41, 5.74) is 0.483. The van der Waals surface area contributed by atoms with Crippen molar-refractivity contribution in [3.05, 3.63) is 48.0 Å². The maximum absolute atomic E-state index is 12.3. The Morgan fingerprint density at radius 1 is 0.935 bits per heavy atom. The summed E-state index contributed by atoms with van der Waals surface area (Å²) >= 11 is 5.04. The average molecular weight is 448 g/mol. The van der Waals surface area contributed by atoms with Crippen LogP contribution in [0.4, 0.5) is 0 Å². The van der Waals surface area contributed by atoms with Gasteiger partial charge in [-0.05, 0) is 0 Å². The fourth-order valence-corrected chi connectivity index (χ4v) is 2.70. The highest BCUT2D eigenvalue weighted by molar-refractivity contribution is 7.80. The Balaban J connectivity index is 1.85. The van der Waals surface area contributed by atoms with Crippen molar-refractivity contribution in [3.63, 3.8) is 0 Å². The predicted octanol–water partition coefficient (Wildman–Crippen LogP) is -0.245. The van der Waals surface area contributed by atoms with Crippen LogP contribution in [0.15, 0.2) is 42.5 Å². The van der Waals surface area contributed by atoms with Crippen molar-refractivity contribution in [1.29, 1.82) is 0 Å². The highest BCUT2D eigenvalue weighted by atomic mass is 32.1. The topological polar surface area (TPSA) is 161 Å². The third-order valence-corrected chi connectivity index (χ3v) is 4.22. The maximum atomic E-state index is 12.3. The molecule has 0 saturated carbocycles. The molecule has 1 aromatic heterocycles. The Morgan fingerprint density at radius 3 is 2.13 bits per heavy atom. The van der Waals surface area contributed by atoms with Crippen LogP contribution in [0.25, 0.3) is 0 Å². The van der Waals surface area contributed by atoms with E-state index in [2.05, 4.69) is 10.6 Å². The van der Waals surface area contributed by atoms with E-state index >= 15 is 0 Å². The molecule has 0 fully saturated rings. The number of hydrogen-bond donors (Lipinski definition) is 5. The number of Topliss-reactive ketones (excluding diaryl/α,β-unsaturated/α-hetero) is 1. The van der Waals surface area contributed by atoms with Crippen molar-refractivity contribution in [1.82, 2.24) is 15.3 Å². The Labute approximate surface area is 181 Å². The van der Waals surface area contributed by atoms with Crippen LogP contribution in [0.1, 0.15) is 16.8 Å². The number of ketones is 1. The first-order valence-electron chi connectivity index (χ1n) is 8.92. The number of aromatic nitrogens is 1. The van der Waals surface area contributed by atoms with Crippen LogP contribution in [0.3, 0.4) is 0 Å². The standard InChI is InChI=1S/C19H20N4O7S/c24-13(12-4-2-1-3-5-12)8-15(31)21-9-14(25)20-10-18(28)22(11-19(29)30)23-16(26)6-7-17(23)27/h1-7,26-27H,8-11H2,(H,20,25)(H,21,31)(H,29,30). The molecule has 12 heteroatoms. The minimum absolute atomic E-state index is 0.0931. The third-order valence-electron chi connectivity index (χ3n) is 3.93. The number of carbonyl (C=O) groups is 4. The number of nitrogens with zero attached hydrogens (tertiary/aromatic N) is 2. The number of thiocarbonyl (C=S) groups is 1. The second kappa shape index (κ2) is 10.7. The van der Waals surface area contributed by atoms with Gasteiger partial charge in [0, 0.05) is 17.7 Å². The molecule has 0 aliphatic rings. The lowest BCUT2D eigenvalue weighted by molar-refractivity contribution is -0.137. The van der Waals surface area contributed by atoms with Crippen molar-refractivity contribution >= 4 is 40.8 Å². The van der Waals surface area contributed by atoms with E-state index < -0.39 is 42.6 Å². The first-order chi connectivity index (χ1) is 14.7. The Hall–Kier alpha value is -3.93. The van der Waals surface area contributed by atoms with E-state index in [1.54, 1.807) is 30.3 Å². The molecule has 11 nitrogen and oxygen atoms in total. The van der Waals surface area contributed by atoms with Crippen LogP contribution in [-0.2, 0) is 14.4 Å². The molecule has 0 radical (unpaired) electrons. The average Bonchev–Trinajstić information content (AvgIpc) is 3.07. The van der Waals surface area contributed by atoms with Gasteiger partial charge in [-0.15, -0.1) is 0 Å². The summed E-state index contributed by atoms with van der Waals surface area (Å²) in [4.78, 5) is 47.6. The first kappa shape index (κ1) is 23.3. The molecular formula is C19H20N4O7S. The maximum Gasteiger partial charge on any atom is 0.325 e. The van der Waals surface area contributed by atoms with Crippen molar-refractivity contribution in [3.8, 4) is 11.8 Å². The van der Waals surface area contributed by atoms with Crippen LogP contribution in [0, 0.1) is 0 Å². The number of benzene rings is 1. The van der Waals surface area contributed by atoms with Gasteiger partial charge in [-0.3, -0.25) is 19.2 Å². The Kier molecular flexibility index (Phi) is 8.09. The number of carboxylic acids is 1. The highest BCUT2D eigenvalue weighted by Gasteiger charge is 2.23. The molecule has 1 heterocycles. The first-order valence-corrected chi connectivity index (χ1v) is 9.33. The van der Waals surface area contributed by atoms with Crippen LogP contribution in [-0.4, -0.2) is 68.2 Å². The van der Waals surface area contributed by atoms with E-state index in [-0.39, 0.29) is 23.7 Å². The number of aliphatic carboxylic acids is 1. The van der Waals surface area contributed by atoms with E-state index in [0.29, 0.717) is 15.2 Å². The van der Waals surface area contributed by atoms with Crippen LogP contribution in [0.5, 0.6) is 11.8 Å². The summed E-state index contributed by atoms with van der Waals surface area (Å²) < 4.78 is 0.602. The summed E-state index contributed by atoms with van der Waals surface area (Å²) in [7, 11) is 0. The summed E-state index contributed by atoms with van der Waals surface area (Å²) in [6.45, 7) is -1.79. The third kappa shape index (κ3) is 6.82. The SMILES string of the molecule is O=C(O)CN(C(=O)CNC(=O)CNC(=S)CC(=O)c1ccccc1)n1c(O)ccc1O. The fourth-order valence-electron chi connectivity index (χ4n) is 2.49. The van der Waals surface area contributed by atoms with E-state index in [1.807, 2.05) is 0 Å². The molecule has 31 heavy (non-hydrogen) atoms. The Bertz CT molecular complexity index is 971.